The summed E-state index contributed by atoms with van der Waals surface area (Å²) in [7, 11) is 0. The fraction of sp³-hybridized carbons (Fsp3) is 0.0909. The van der Waals surface area contributed by atoms with E-state index in [1.165, 1.54) is 0 Å². The number of carbonyl (C=O) groups excluding carboxylic acids is 2. The SMILES string of the molecule is O=C(Nc1ccccc1C(=O)NCCc1cccc(O)c1)c1ccccc1. The van der Waals surface area contributed by atoms with Crippen LogP contribution < -0.4 is 10.6 Å². The summed E-state index contributed by atoms with van der Waals surface area (Å²) in [5.74, 6) is -0.331. The Morgan fingerprint density at radius 2 is 1.56 bits per heavy atom. The van der Waals surface area contributed by atoms with E-state index in [0.717, 1.165) is 5.56 Å². The molecular formula is C22H20N2O3. The lowest BCUT2D eigenvalue weighted by Crippen LogP contribution is -2.27. The van der Waals surface area contributed by atoms with E-state index in [1.54, 1.807) is 66.7 Å². The minimum Gasteiger partial charge on any atom is -0.508 e. The quantitative estimate of drug-likeness (QED) is 0.628. The zero-order valence-electron chi connectivity index (χ0n) is 14.7. The number of para-hydroxylation sites is 1. The highest BCUT2D eigenvalue weighted by molar-refractivity contribution is 6.08. The summed E-state index contributed by atoms with van der Waals surface area (Å²) < 4.78 is 0. The molecule has 0 aliphatic rings. The fourth-order valence-corrected chi connectivity index (χ4v) is 2.70. The van der Waals surface area contributed by atoms with Gasteiger partial charge in [-0.3, -0.25) is 9.59 Å². The average Bonchev–Trinajstić information content (AvgIpc) is 2.69. The van der Waals surface area contributed by atoms with Crippen LogP contribution in [0.4, 0.5) is 5.69 Å². The molecule has 3 rings (SSSR count). The molecule has 5 nitrogen and oxygen atoms in total. The van der Waals surface area contributed by atoms with Crippen molar-refractivity contribution in [3.8, 4) is 5.75 Å². The number of anilines is 1. The van der Waals surface area contributed by atoms with Crippen molar-refractivity contribution in [1.29, 1.82) is 0 Å². The maximum Gasteiger partial charge on any atom is 0.255 e. The molecular weight excluding hydrogens is 340 g/mol. The van der Waals surface area contributed by atoms with Crippen LogP contribution in [0.1, 0.15) is 26.3 Å². The van der Waals surface area contributed by atoms with E-state index in [0.29, 0.717) is 29.8 Å². The smallest absolute Gasteiger partial charge is 0.255 e. The van der Waals surface area contributed by atoms with E-state index >= 15 is 0 Å². The van der Waals surface area contributed by atoms with Gasteiger partial charge < -0.3 is 15.7 Å². The van der Waals surface area contributed by atoms with Crippen LogP contribution in [-0.2, 0) is 6.42 Å². The summed E-state index contributed by atoms with van der Waals surface area (Å²) in [6.07, 6.45) is 0.596. The second-order valence-corrected chi connectivity index (χ2v) is 6.04. The van der Waals surface area contributed by atoms with E-state index in [4.69, 9.17) is 0 Å². The average molecular weight is 360 g/mol. The van der Waals surface area contributed by atoms with Crippen molar-refractivity contribution in [1.82, 2.24) is 5.32 Å². The molecule has 5 heteroatoms. The van der Waals surface area contributed by atoms with Gasteiger partial charge in [0.1, 0.15) is 5.75 Å². The van der Waals surface area contributed by atoms with Gasteiger partial charge in [-0.2, -0.15) is 0 Å². The zero-order chi connectivity index (χ0) is 19.1. The first-order valence-corrected chi connectivity index (χ1v) is 8.65. The molecule has 3 aromatic rings. The number of amides is 2. The highest BCUT2D eigenvalue weighted by Gasteiger charge is 2.13. The molecule has 0 bridgehead atoms. The van der Waals surface area contributed by atoms with E-state index in [9.17, 15) is 14.7 Å². The number of hydrogen-bond donors (Lipinski definition) is 3. The molecule has 136 valence electrons. The van der Waals surface area contributed by atoms with Crippen molar-refractivity contribution in [2.24, 2.45) is 0 Å². The molecule has 0 heterocycles. The monoisotopic (exact) mass is 360 g/mol. The molecule has 0 fully saturated rings. The van der Waals surface area contributed by atoms with E-state index < -0.39 is 0 Å². The van der Waals surface area contributed by atoms with Crippen LogP contribution >= 0.6 is 0 Å². The van der Waals surface area contributed by atoms with Crippen LogP contribution in [0.3, 0.4) is 0 Å². The van der Waals surface area contributed by atoms with Crippen molar-refractivity contribution in [2.75, 3.05) is 11.9 Å². The number of hydrogen-bond acceptors (Lipinski definition) is 3. The molecule has 0 aromatic heterocycles. The normalized spacial score (nSPS) is 10.2. The highest BCUT2D eigenvalue weighted by atomic mass is 16.3. The molecule has 0 unspecified atom stereocenters. The summed E-state index contributed by atoms with van der Waals surface area (Å²) in [6, 6.07) is 22.7. The Balaban J connectivity index is 1.64. The maximum absolute atomic E-state index is 12.5. The number of nitrogens with one attached hydrogen (secondary N) is 2. The molecule has 0 atom stereocenters. The van der Waals surface area contributed by atoms with Crippen LogP contribution in [0.2, 0.25) is 0 Å². The Kier molecular flexibility index (Phi) is 5.84. The van der Waals surface area contributed by atoms with E-state index in [-0.39, 0.29) is 17.6 Å². The third kappa shape index (κ3) is 4.95. The molecule has 3 aromatic carbocycles. The minimum atomic E-state index is -0.268. The molecule has 0 saturated carbocycles. The lowest BCUT2D eigenvalue weighted by Gasteiger charge is -2.11. The Bertz CT molecular complexity index is 939. The van der Waals surface area contributed by atoms with Gasteiger partial charge in [0, 0.05) is 12.1 Å². The Morgan fingerprint density at radius 1 is 0.815 bits per heavy atom. The van der Waals surface area contributed by atoms with Crippen LogP contribution in [0.15, 0.2) is 78.9 Å². The zero-order valence-corrected chi connectivity index (χ0v) is 14.7. The lowest BCUT2D eigenvalue weighted by atomic mass is 10.1. The largest absolute Gasteiger partial charge is 0.508 e. The lowest BCUT2D eigenvalue weighted by molar-refractivity contribution is 0.0955. The Labute approximate surface area is 157 Å². The number of phenols is 1. The first-order valence-electron chi connectivity index (χ1n) is 8.65. The number of carbonyl (C=O) groups is 2. The van der Waals surface area contributed by atoms with Gasteiger partial charge in [-0.15, -0.1) is 0 Å². The topological polar surface area (TPSA) is 78.4 Å². The van der Waals surface area contributed by atoms with Crippen molar-refractivity contribution in [3.05, 3.63) is 95.6 Å². The molecule has 0 aliphatic heterocycles. The van der Waals surface area contributed by atoms with Gasteiger partial charge in [0.15, 0.2) is 0 Å². The first-order chi connectivity index (χ1) is 13.1. The number of phenolic OH excluding ortho intramolecular Hbond substituents is 1. The van der Waals surface area contributed by atoms with Gasteiger partial charge in [0.05, 0.1) is 11.3 Å². The molecule has 2 amide bonds. The summed E-state index contributed by atoms with van der Waals surface area (Å²) in [5, 5.41) is 15.1. The molecule has 27 heavy (non-hydrogen) atoms. The van der Waals surface area contributed by atoms with Crippen molar-refractivity contribution in [2.45, 2.75) is 6.42 Å². The summed E-state index contributed by atoms with van der Waals surface area (Å²) in [4.78, 5) is 24.9. The minimum absolute atomic E-state index is 0.202. The Morgan fingerprint density at radius 3 is 2.33 bits per heavy atom. The van der Waals surface area contributed by atoms with E-state index in [2.05, 4.69) is 10.6 Å². The second kappa shape index (κ2) is 8.67. The molecule has 0 spiro atoms. The number of rotatable bonds is 6. The predicted octanol–water partition coefficient (Wildman–Crippen LogP) is 3.62. The summed E-state index contributed by atoms with van der Waals surface area (Å²) >= 11 is 0. The third-order valence-electron chi connectivity index (χ3n) is 4.07. The maximum atomic E-state index is 12.5. The number of benzene rings is 3. The van der Waals surface area contributed by atoms with Crippen molar-refractivity contribution in [3.63, 3.8) is 0 Å². The molecule has 0 aliphatic carbocycles. The van der Waals surface area contributed by atoms with E-state index in [1.807, 2.05) is 12.1 Å². The van der Waals surface area contributed by atoms with Crippen molar-refractivity contribution >= 4 is 17.5 Å². The summed E-state index contributed by atoms with van der Waals surface area (Å²) in [6.45, 7) is 0.420. The third-order valence-corrected chi connectivity index (χ3v) is 4.07. The van der Waals surface area contributed by atoms with Gasteiger partial charge in [0.25, 0.3) is 11.8 Å². The van der Waals surface area contributed by atoms with Gasteiger partial charge in [-0.25, -0.2) is 0 Å². The van der Waals surface area contributed by atoms with Crippen LogP contribution in [0.25, 0.3) is 0 Å². The molecule has 0 saturated heterocycles. The van der Waals surface area contributed by atoms with Crippen LogP contribution in [0.5, 0.6) is 5.75 Å². The van der Waals surface area contributed by atoms with Gasteiger partial charge in [0.2, 0.25) is 0 Å². The van der Waals surface area contributed by atoms with Crippen LogP contribution in [-0.4, -0.2) is 23.5 Å². The van der Waals surface area contributed by atoms with Gasteiger partial charge in [-0.1, -0.05) is 42.5 Å². The van der Waals surface area contributed by atoms with Crippen LogP contribution in [0, 0.1) is 0 Å². The standard InChI is InChI=1S/C22H20N2O3/c25-18-10-6-7-16(15-18)13-14-23-22(27)19-11-4-5-12-20(19)24-21(26)17-8-2-1-3-9-17/h1-12,15,25H,13-14H2,(H,23,27)(H,24,26). The Hall–Kier alpha value is -3.60. The molecule has 3 N–H and O–H groups in total. The first kappa shape index (κ1) is 18.2. The predicted molar refractivity (Wildman–Crippen MR) is 105 cm³/mol. The molecule has 0 radical (unpaired) electrons. The summed E-state index contributed by atoms with van der Waals surface area (Å²) in [5.41, 5.74) is 2.32. The highest BCUT2D eigenvalue weighted by Crippen LogP contribution is 2.16. The van der Waals surface area contributed by atoms with Gasteiger partial charge in [-0.05, 0) is 48.4 Å². The van der Waals surface area contributed by atoms with Gasteiger partial charge >= 0.3 is 0 Å². The second-order valence-electron chi connectivity index (χ2n) is 6.04. The van der Waals surface area contributed by atoms with Crippen molar-refractivity contribution < 1.29 is 14.7 Å². The fourth-order valence-electron chi connectivity index (χ4n) is 2.70. The number of aromatic hydroxyl groups is 1.